The largest absolute Gasteiger partial charge is 0.395 e. The van der Waals surface area contributed by atoms with E-state index in [0.717, 1.165) is 70.3 Å². The normalized spacial score (nSPS) is 13.9. The van der Waals surface area contributed by atoms with Gasteiger partial charge in [-0.2, -0.15) is 0 Å². The number of aromatic nitrogens is 3. The Hall–Kier alpha value is -3.61. The zero-order valence-corrected chi connectivity index (χ0v) is 21.3. The Morgan fingerprint density at radius 2 is 1.43 bits per heavy atom. The molecular formula is C28H33N5O2. The maximum atomic E-state index is 5.70. The topological polar surface area (TPSA) is 81.9 Å². The molecule has 0 radical (unpaired) electrons. The summed E-state index contributed by atoms with van der Waals surface area (Å²) in [6.45, 7) is 10.9. The van der Waals surface area contributed by atoms with Crippen molar-refractivity contribution in [1.29, 1.82) is 0 Å². The Morgan fingerprint density at radius 1 is 0.771 bits per heavy atom. The van der Waals surface area contributed by atoms with Gasteiger partial charge in [0.05, 0.1) is 17.1 Å². The molecule has 4 rings (SSSR count). The van der Waals surface area contributed by atoms with Crippen LogP contribution in [-0.4, -0.2) is 39.6 Å². The molecular weight excluding hydrogens is 438 g/mol. The molecule has 182 valence electrons. The van der Waals surface area contributed by atoms with Gasteiger partial charge in [0.2, 0.25) is 0 Å². The molecule has 1 aliphatic carbocycles. The first kappa shape index (κ1) is 24.5. The Morgan fingerprint density at radius 3 is 2.09 bits per heavy atom. The first-order valence-electron chi connectivity index (χ1n) is 12.2. The molecule has 0 saturated carbocycles. The molecule has 0 spiro atoms. The Balaban J connectivity index is 1.40. The molecule has 3 heterocycles. The van der Waals surface area contributed by atoms with Crippen molar-refractivity contribution in [2.24, 2.45) is 10.3 Å². The van der Waals surface area contributed by atoms with E-state index in [1.807, 2.05) is 58.9 Å². The van der Waals surface area contributed by atoms with Gasteiger partial charge in [0.25, 0.3) is 0 Å². The number of hydrogen-bond donors (Lipinski definition) is 0. The van der Waals surface area contributed by atoms with Gasteiger partial charge in [0, 0.05) is 23.5 Å². The minimum atomic E-state index is 0.401. The summed E-state index contributed by atoms with van der Waals surface area (Å²) in [7, 11) is 0. The maximum Gasteiger partial charge on any atom is 0.154 e. The minimum absolute atomic E-state index is 0.401. The molecule has 0 saturated heterocycles. The number of pyridine rings is 3. The van der Waals surface area contributed by atoms with Crippen LogP contribution >= 0.6 is 0 Å². The summed E-state index contributed by atoms with van der Waals surface area (Å²) in [5.41, 5.74) is 10.4. The van der Waals surface area contributed by atoms with Gasteiger partial charge < -0.3 is 9.68 Å². The van der Waals surface area contributed by atoms with Gasteiger partial charge in [-0.3, -0.25) is 15.0 Å². The van der Waals surface area contributed by atoms with Crippen molar-refractivity contribution in [2.45, 2.75) is 60.3 Å². The standard InChI is InChI=1S/C28H33N5O2/c1-18-14-21(4)29-25(16-18)28(26-17-19(2)15-22(5)30-26)33-35-13-7-12-34-32-24-9-6-8-23-11-10-20(3)31-27(23)24/h10-11,14-17H,6-9,12-13H2,1-5H3/b32-24+. The predicted octanol–water partition coefficient (Wildman–Crippen LogP) is 5.33. The first-order valence-corrected chi connectivity index (χ1v) is 12.2. The molecule has 3 aromatic rings. The summed E-state index contributed by atoms with van der Waals surface area (Å²) < 4.78 is 0. The zero-order chi connectivity index (χ0) is 24.8. The van der Waals surface area contributed by atoms with Crippen LogP contribution in [0.3, 0.4) is 0 Å². The molecule has 35 heavy (non-hydrogen) atoms. The lowest BCUT2D eigenvalue weighted by molar-refractivity contribution is 0.0898. The summed E-state index contributed by atoms with van der Waals surface area (Å²) in [6.07, 6.45) is 3.65. The van der Waals surface area contributed by atoms with E-state index in [-0.39, 0.29) is 0 Å². The van der Waals surface area contributed by atoms with E-state index in [2.05, 4.69) is 37.4 Å². The summed E-state index contributed by atoms with van der Waals surface area (Å²) in [5.74, 6) is 0. The van der Waals surface area contributed by atoms with Crippen molar-refractivity contribution in [3.63, 3.8) is 0 Å². The van der Waals surface area contributed by atoms with Crippen LogP contribution in [0, 0.1) is 34.6 Å². The SMILES string of the molecule is Cc1cc(C)nc(C(=NOCCCO/N=C2\CCCc3ccc(C)nc32)c2cc(C)cc(C)n2)c1. The first-order chi connectivity index (χ1) is 16.9. The van der Waals surface area contributed by atoms with Crippen molar-refractivity contribution >= 4 is 11.4 Å². The summed E-state index contributed by atoms with van der Waals surface area (Å²) in [5, 5.41) is 8.82. The van der Waals surface area contributed by atoms with Crippen molar-refractivity contribution in [3.05, 3.63) is 87.3 Å². The van der Waals surface area contributed by atoms with Crippen LogP contribution in [0.2, 0.25) is 0 Å². The van der Waals surface area contributed by atoms with Crippen LogP contribution in [0.5, 0.6) is 0 Å². The molecule has 0 N–H and O–H groups in total. The number of oxime groups is 2. The smallest absolute Gasteiger partial charge is 0.154 e. The highest BCUT2D eigenvalue weighted by Crippen LogP contribution is 2.20. The Bertz CT molecular complexity index is 1170. The number of hydrogen-bond acceptors (Lipinski definition) is 7. The maximum absolute atomic E-state index is 5.70. The fourth-order valence-electron chi connectivity index (χ4n) is 4.26. The van der Waals surface area contributed by atoms with Crippen molar-refractivity contribution in [2.75, 3.05) is 13.2 Å². The average Bonchev–Trinajstić information content (AvgIpc) is 2.79. The zero-order valence-electron chi connectivity index (χ0n) is 21.3. The molecule has 7 nitrogen and oxygen atoms in total. The van der Waals surface area contributed by atoms with Crippen LogP contribution in [0.4, 0.5) is 0 Å². The average molecular weight is 472 g/mol. The van der Waals surface area contributed by atoms with Crippen LogP contribution in [0.15, 0.2) is 46.7 Å². The predicted molar refractivity (Wildman–Crippen MR) is 138 cm³/mol. The van der Waals surface area contributed by atoms with E-state index in [1.165, 1.54) is 5.56 Å². The van der Waals surface area contributed by atoms with Crippen LogP contribution in [-0.2, 0) is 16.1 Å². The van der Waals surface area contributed by atoms with Crippen molar-refractivity contribution in [1.82, 2.24) is 15.0 Å². The second-order valence-electron chi connectivity index (χ2n) is 9.15. The lowest BCUT2D eigenvalue weighted by Gasteiger charge is -2.16. The van der Waals surface area contributed by atoms with Crippen molar-refractivity contribution < 1.29 is 9.68 Å². The van der Waals surface area contributed by atoms with E-state index in [1.54, 1.807) is 0 Å². The highest BCUT2D eigenvalue weighted by molar-refractivity contribution is 6.10. The van der Waals surface area contributed by atoms with Crippen LogP contribution < -0.4 is 0 Å². The minimum Gasteiger partial charge on any atom is -0.395 e. The third kappa shape index (κ3) is 6.50. The van der Waals surface area contributed by atoms with Crippen LogP contribution in [0.25, 0.3) is 0 Å². The highest BCUT2D eigenvalue weighted by atomic mass is 16.6. The van der Waals surface area contributed by atoms with Gasteiger partial charge in [0.1, 0.15) is 18.9 Å². The summed E-state index contributed by atoms with van der Waals surface area (Å²) in [4.78, 5) is 25.3. The lowest BCUT2D eigenvalue weighted by atomic mass is 9.94. The molecule has 1 aliphatic rings. The van der Waals surface area contributed by atoms with E-state index in [9.17, 15) is 0 Å². The van der Waals surface area contributed by atoms with Gasteiger partial charge in [-0.15, -0.1) is 0 Å². The summed E-state index contributed by atoms with van der Waals surface area (Å²) >= 11 is 0. The molecule has 7 heteroatoms. The fraction of sp³-hybridized carbons (Fsp3) is 0.393. The van der Waals surface area contributed by atoms with E-state index in [4.69, 9.17) is 9.68 Å². The molecule has 0 fully saturated rings. The molecule has 0 amide bonds. The third-order valence-corrected chi connectivity index (χ3v) is 5.73. The number of fused-ring (bicyclic) bond motifs is 1. The molecule has 0 bridgehead atoms. The monoisotopic (exact) mass is 471 g/mol. The number of nitrogens with zero attached hydrogens (tertiary/aromatic N) is 5. The Labute approximate surface area is 207 Å². The number of rotatable bonds is 8. The molecule has 3 aromatic heterocycles. The van der Waals surface area contributed by atoms with Crippen molar-refractivity contribution in [3.8, 4) is 0 Å². The number of aryl methyl sites for hydroxylation is 6. The van der Waals surface area contributed by atoms with Gasteiger partial charge in [-0.25, -0.2) is 0 Å². The highest BCUT2D eigenvalue weighted by Gasteiger charge is 2.18. The van der Waals surface area contributed by atoms with E-state index in [0.29, 0.717) is 25.3 Å². The quantitative estimate of drug-likeness (QED) is 0.252. The van der Waals surface area contributed by atoms with Gasteiger partial charge in [-0.05, 0) is 101 Å². The molecule has 0 atom stereocenters. The molecule has 0 unspecified atom stereocenters. The third-order valence-electron chi connectivity index (χ3n) is 5.73. The fourth-order valence-corrected chi connectivity index (χ4v) is 4.26. The van der Waals surface area contributed by atoms with Gasteiger partial charge in [0.15, 0.2) is 5.71 Å². The van der Waals surface area contributed by atoms with Gasteiger partial charge in [-0.1, -0.05) is 16.4 Å². The van der Waals surface area contributed by atoms with E-state index >= 15 is 0 Å². The summed E-state index contributed by atoms with van der Waals surface area (Å²) in [6, 6.07) is 12.3. The Kier molecular flexibility index (Phi) is 7.85. The second-order valence-corrected chi connectivity index (χ2v) is 9.15. The van der Waals surface area contributed by atoms with E-state index < -0.39 is 0 Å². The molecule has 0 aliphatic heterocycles. The molecule has 0 aromatic carbocycles. The van der Waals surface area contributed by atoms with Gasteiger partial charge >= 0.3 is 0 Å². The van der Waals surface area contributed by atoms with Crippen LogP contribution in [0.1, 0.15) is 70.1 Å². The second kappa shape index (κ2) is 11.2. The lowest BCUT2D eigenvalue weighted by Crippen LogP contribution is -2.15.